The van der Waals surface area contributed by atoms with Crippen molar-refractivity contribution < 1.29 is 4.42 Å². The number of aromatic nitrogens is 4. The number of fused-ring (bicyclic) bond motifs is 8. The van der Waals surface area contributed by atoms with Crippen LogP contribution < -0.4 is 0 Å². The number of hydrogen-bond acceptors (Lipinski definition) is 3. The van der Waals surface area contributed by atoms with Gasteiger partial charge in [0.25, 0.3) is 0 Å². The number of para-hydroxylation sites is 2. The molecule has 0 N–H and O–H groups in total. The third-order valence-corrected chi connectivity index (χ3v) is 13.0. The molecule has 0 saturated carbocycles. The van der Waals surface area contributed by atoms with Gasteiger partial charge in [-0.2, -0.15) is 0 Å². The molecule has 314 valence electrons. The van der Waals surface area contributed by atoms with E-state index in [1.54, 1.807) is 0 Å². The predicted molar refractivity (Wildman–Crippen MR) is 280 cm³/mol. The highest BCUT2D eigenvalue weighted by atomic mass is 16.4. The Bertz CT molecular complexity index is 3850. The van der Waals surface area contributed by atoms with Crippen LogP contribution in [0.2, 0.25) is 0 Å². The van der Waals surface area contributed by atoms with Gasteiger partial charge < -0.3 is 13.6 Å². The molecule has 3 heterocycles. The Morgan fingerprint density at radius 1 is 0.299 bits per heavy atom. The first kappa shape index (κ1) is 38.4. The molecule has 0 aliphatic carbocycles. The molecular weight excluding hydrogens is 817 g/mol. The molecule has 5 heteroatoms. The molecule has 0 fully saturated rings. The van der Waals surface area contributed by atoms with Gasteiger partial charge in [-0.3, -0.25) is 0 Å². The zero-order chi connectivity index (χ0) is 44.3. The summed E-state index contributed by atoms with van der Waals surface area (Å²) in [7, 11) is 0. The quantitative estimate of drug-likeness (QED) is 0.143. The SMILES string of the molecule is C(=C\c1ccc2c(c1)c1ccccc1n2-c1cccc2ccccc12)/c1cccc(-c2nnc(-c3cccc(/C=C/c4ccc5c(c4)c4ccccc4n5-c4cccc5ccccc45)c3)o2)c1. The molecule has 0 bridgehead atoms. The van der Waals surface area contributed by atoms with E-state index in [-0.39, 0.29) is 0 Å². The van der Waals surface area contributed by atoms with E-state index in [0.29, 0.717) is 11.8 Å². The molecule has 0 aliphatic rings. The topological polar surface area (TPSA) is 48.8 Å². The Morgan fingerprint density at radius 3 is 1.15 bits per heavy atom. The van der Waals surface area contributed by atoms with E-state index in [1.165, 1.54) is 76.5 Å². The molecule has 67 heavy (non-hydrogen) atoms. The van der Waals surface area contributed by atoms with E-state index >= 15 is 0 Å². The van der Waals surface area contributed by atoms with Gasteiger partial charge in [0.05, 0.1) is 33.4 Å². The van der Waals surface area contributed by atoms with Crippen molar-refractivity contribution in [2.24, 2.45) is 0 Å². The number of nitrogens with zero attached hydrogens (tertiary/aromatic N) is 4. The second kappa shape index (κ2) is 15.9. The minimum absolute atomic E-state index is 0.477. The lowest BCUT2D eigenvalue weighted by Crippen LogP contribution is -1.95. The first-order valence-corrected chi connectivity index (χ1v) is 22.6. The first-order valence-electron chi connectivity index (χ1n) is 22.6. The van der Waals surface area contributed by atoms with Gasteiger partial charge in [0.1, 0.15) is 0 Å². The second-order valence-electron chi connectivity index (χ2n) is 17.1. The van der Waals surface area contributed by atoms with Crippen molar-refractivity contribution in [1.82, 2.24) is 19.3 Å². The van der Waals surface area contributed by atoms with Gasteiger partial charge in [0.15, 0.2) is 0 Å². The summed E-state index contributed by atoms with van der Waals surface area (Å²) in [4.78, 5) is 0. The second-order valence-corrected chi connectivity index (χ2v) is 17.1. The Balaban J connectivity index is 0.760. The van der Waals surface area contributed by atoms with Crippen LogP contribution in [0.4, 0.5) is 0 Å². The summed E-state index contributed by atoms with van der Waals surface area (Å²) in [5.74, 6) is 0.953. The van der Waals surface area contributed by atoms with Gasteiger partial charge in [0.2, 0.25) is 11.8 Å². The lowest BCUT2D eigenvalue weighted by molar-refractivity contribution is 0.584. The summed E-state index contributed by atoms with van der Waals surface area (Å²) in [6, 6.07) is 77.5. The largest absolute Gasteiger partial charge is 0.416 e. The Labute approximate surface area is 386 Å². The van der Waals surface area contributed by atoms with E-state index in [0.717, 1.165) is 33.4 Å². The average molecular weight is 857 g/mol. The van der Waals surface area contributed by atoms with Crippen LogP contribution in [-0.2, 0) is 0 Å². The number of rotatable bonds is 8. The van der Waals surface area contributed by atoms with Crippen LogP contribution in [0.25, 0.3) is 124 Å². The molecule has 13 aromatic rings. The molecule has 0 aliphatic heterocycles. The summed E-state index contributed by atoms with van der Waals surface area (Å²) in [5.41, 5.74) is 13.2. The van der Waals surface area contributed by atoms with Crippen LogP contribution in [0.1, 0.15) is 22.3 Å². The van der Waals surface area contributed by atoms with Crippen LogP contribution in [0, 0.1) is 0 Å². The van der Waals surface area contributed by atoms with E-state index in [9.17, 15) is 0 Å². The van der Waals surface area contributed by atoms with E-state index in [4.69, 9.17) is 4.42 Å². The van der Waals surface area contributed by atoms with Gasteiger partial charge in [-0.15, -0.1) is 10.2 Å². The fraction of sp³-hybridized carbons (Fsp3) is 0. The highest BCUT2D eigenvalue weighted by molar-refractivity contribution is 6.12. The van der Waals surface area contributed by atoms with Crippen LogP contribution in [0.15, 0.2) is 223 Å². The van der Waals surface area contributed by atoms with Gasteiger partial charge in [-0.1, -0.05) is 170 Å². The van der Waals surface area contributed by atoms with Crippen LogP contribution in [-0.4, -0.2) is 19.3 Å². The summed E-state index contributed by atoms with van der Waals surface area (Å²) in [6.07, 6.45) is 8.62. The zero-order valence-corrected chi connectivity index (χ0v) is 36.3. The van der Waals surface area contributed by atoms with Crippen molar-refractivity contribution in [3.05, 3.63) is 241 Å². The van der Waals surface area contributed by atoms with Crippen molar-refractivity contribution in [3.63, 3.8) is 0 Å². The standard InChI is InChI=1S/C62H40N4O/c1-3-21-49-45(15-1)17-11-27-55(49)65-57-25-7-5-23-51(57)53-39-43(33-35-59(53)65)31-29-41-13-9-19-47(37-41)61-63-64-62(67-61)48-20-10-14-42(38-48)30-32-44-34-36-60-54(40-44)52-24-6-8-26-58(52)66(60)56-28-12-18-46-16-2-4-22-50(46)56/h1-40H/b31-29+,32-30+. The van der Waals surface area contributed by atoms with Crippen molar-refractivity contribution >= 4 is 89.5 Å². The van der Waals surface area contributed by atoms with Crippen LogP contribution >= 0.6 is 0 Å². The smallest absolute Gasteiger partial charge is 0.248 e. The maximum Gasteiger partial charge on any atom is 0.248 e. The summed E-state index contributed by atoms with van der Waals surface area (Å²) in [6.45, 7) is 0. The predicted octanol–water partition coefficient (Wildman–Crippen LogP) is 16.2. The Kier molecular flexibility index (Phi) is 9.10. The van der Waals surface area contributed by atoms with Gasteiger partial charge in [-0.05, 0) is 106 Å². The number of benzene rings is 10. The number of hydrogen-bond donors (Lipinski definition) is 0. The van der Waals surface area contributed by atoms with Crippen molar-refractivity contribution in [3.8, 4) is 34.3 Å². The van der Waals surface area contributed by atoms with Crippen LogP contribution in [0.3, 0.4) is 0 Å². The molecule has 13 rings (SSSR count). The van der Waals surface area contributed by atoms with E-state index in [2.05, 4.69) is 238 Å². The fourth-order valence-corrected chi connectivity index (χ4v) is 9.91. The molecule has 0 amide bonds. The third kappa shape index (κ3) is 6.72. The minimum atomic E-state index is 0.477. The first-order chi connectivity index (χ1) is 33.2. The summed E-state index contributed by atoms with van der Waals surface area (Å²) in [5, 5.41) is 18.8. The molecular formula is C62H40N4O. The minimum Gasteiger partial charge on any atom is -0.416 e. The highest BCUT2D eigenvalue weighted by Gasteiger charge is 2.17. The van der Waals surface area contributed by atoms with Gasteiger partial charge in [-0.25, -0.2) is 0 Å². The maximum atomic E-state index is 6.33. The van der Waals surface area contributed by atoms with Crippen molar-refractivity contribution in [2.45, 2.75) is 0 Å². The summed E-state index contributed by atoms with van der Waals surface area (Å²) < 4.78 is 11.1. The van der Waals surface area contributed by atoms with E-state index in [1.807, 2.05) is 24.3 Å². The Hall–Kier alpha value is -9.06. The zero-order valence-electron chi connectivity index (χ0n) is 36.3. The van der Waals surface area contributed by atoms with Crippen molar-refractivity contribution in [1.29, 1.82) is 0 Å². The molecule has 0 radical (unpaired) electrons. The molecule has 3 aromatic heterocycles. The maximum absolute atomic E-state index is 6.33. The van der Waals surface area contributed by atoms with Gasteiger partial charge >= 0.3 is 0 Å². The van der Waals surface area contributed by atoms with Crippen LogP contribution in [0.5, 0.6) is 0 Å². The summed E-state index contributed by atoms with van der Waals surface area (Å²) >= 11 is 0. The highest BCUT2D eigenvalue weighted by Crippen LogP contribution is 2.37. The normalized spacial score (nSPS) is 12.1. The Morgan fingerprint density at radius 2 is 0.672 bits per heavy atom. The van der Waals surface area contributed by atoms with Gasteiger partial charge in [0, 0.05) is 43.4 Å². The molecule has 5 nitrogen and oxygen atoms in total. The fourth-order valence-electron chi connectivity index (χ4n) is 9.91. The third-order valence-electron chi connectivity index (χ3n) is 13.0. The molecule has 10 aromatic carbocycles. The van der Waals surface area contributed by atoms with E-state index < -0.39 is 0 Å². The van der Waals surface area contributed by atoms with Crippen molar-refractivity contribution in [2.75, 3.05) is 0 Å². The molecule has 0 saturated heterocycles. The molecule has 0 spiro atoms. The average Bonchev–Trinajstić information content (AvgIpc) is 4.11. The molecule has 0 unspecified atom stereocenters. The lowest BCUT2D eigenvalue weighted by Gasteiger charge is -2.11. The lowest BCUT2D eigenvalue weighted by atomic mass is 10.1. The molecule has 0 atom stereocenters. The monoisotopic (exact) mass is 856 g/mol.